The predicted octanol–water partition coefficient (Wildman–Crippen LogP) is 2.77. The molecule has 0 saturated heterocycles. The Bertz CT molecular complexity index is 564. The van der Waals surface area contributed by atoms with E-state index in [9.17, 15) is 13.2 Å². The van der Waals surface area contributed by atoms with Crippen LogP contribution < -0.4 is 4.74 Å². The smallest absolute Gasteiger partial charge is 0.155 e. The van der Waals surface area contributed by atoms with Crippen LogP contribution in [0.5, 0.6) is 5.75 Å². The number of aldehydes is 1. The summed E-state index contributed by atoms with van der Waals surface area (Å²) in [6, 6.07) is 3.46. The molecule has 0 unspecified atom stereocenters. The van der Waals surface area contributed by atoms with Gasteiger partial charge in [-0.15, -0.1) is 0 Å². The lowest BCUT2D eigenvalue weighted by Crippen LogP contribution is -2.22. The number of rotatable bonds is 6. The third-order valence-corrected chi connectivity index (χ3v) is 5.36. The van der Waals surface area contributed by atoms with E-state index in [1.54, 1.807) is 19.9 Å². The lowest BCUT2D eigenvalue weighted by molar-refractivity contribution is 0.111. The summed E-state index contributed by atoms with van der Waals surface area (Å²) >= 11 is 3.30. The van der Waals surface area contributed by atoms with Crippen molar-refractivity contribution in [3.8, 4) is 5.75 Å². The third-order valence-electron chi connectivity index (χ3n) is 2.73. The van der Waals surface area contributed by atoms with Crippen molar-refractivity contribution < 1.29 is 17.9 Å². The highest BCUT2D eigenvalue weighted by molar-refractivity contribution is 9.10. The maximum absolute atomic E-state index is 11.7. The van der Waals surface area contributed by atoms with Gasteiger partial charge in [-0.1, -0.05) is 15.9 Å². The summed E-state index contributed by atoms with van der Waals surface area (Å²) in [5.41, 5.74) is 1.20. The van der Waals surface area contributed by atoms with E-state index >= 15 is 0 Å². The van der Waals surface area contributed by atoms with Crippen molar-refractivity contribution in [3.63, 3.8) is 0 Å². The second-order valence-corrected chi connectivity index (χ2v) is 8.12. The number of aryl methyl sites for hydroxylation is 1. The van der Waals surface area contributed by atoms with Gasteiger partial charge in [0.1, 0.15) is 12.4 Å². The zero-order valence-corrected chi connectivity index (χ0v) is 13.5. The van der Waals surface area contributed by atoms with Crippen LogP contribution in [0.15, 0.2) is 16.6 Å². The number of carbonyl (C=O) groups is 1. The average Bonchev–Trinajstić information content (AvgIpc) is 2.30. The molecule has 0 aliphatic rings. The molecule has 19 heavy (non-hydrogen) atoms. The summed E-state index contributed by atoms with van der Waals surface area (Å²) in [7, 11) is -3.13. The molecule has 1 aromatic rings. The fourth-order valence-electron chi connectivity index (χ4n) is 1.54. The van der Waals surface area contributed by atoms with Crippen molar-refractivity contribution in [2.75, 3.05) is 12.4 Å². The molecule has 0 fully saturated rings. The Morgan fingerprint density at radius 1 is 1.37 bits per heavy atom. The molecule has 1 rings (SSSR count). The molecule has 0 bridgehead atoms. The van der Waals surface area contributed by atoms with Crippen molar-refractivity contribution in [1.82, 2.24) is 0 Å². The maximum atomic E-state index is 11.7. The van der Waals surface area contributed by atoms with E-state index in [1.807, 2.05) is 13.0 Å². The van der Waals surface area contributed by atoms with Crippen molar-refractivity contribution in [3.05, 3.63) is 27.7 Å². The van der Waals surface area contributed by atoms with Gasteiger partial charge in [0.25, 0.3) is 0 Å². The first-order valence-corrected chi connectivity index (χ1v) is 8.38. The van der Waals surface area contributed by atoms with Gasteiger partial charge in [-0.2, -0.15) is 0 Å². The number of hydrogen-bond donors (Lipinski definition) is 0. The fraction of sp³-hybridized carbons (Fsp3) is 0.462. The molecule has 6 heteroatoms. The first kappa shape index (κ1) is 16.2. The van der Waals surface area contributed by atoms with Gasteiger partial charge in [-0.25, -0.2) is 8.42 Å². The van der Waals surface area contributed by atoms with Gasteiger partial charge < -0.3 is 4.74 Å². The molecule has 0 radical (unpaired) electrons. The number of carbonyl (C=O) groups excluding carboxylic acids is 1. The Balaban J connectivity index is 2.82. The molecule has 0 saturated carbocycles. The average molecular weight is 349 g/mol. The highest BCUT2D eigenvalue weighted by atomic mass is 79.9. The lowest BCUT2D eigenvalue weighted by atomic mass is 10.1. The standard InChI is InChI=1S/C13H17BrO4S/c1-9(2)19(16,17)5-4-18-13-10(3)6-12(14)7-11(13)8-15/h6-9H,4-5H2,1-3H3. The van der Waals surface area contributed by atoms with Crippen LogP contribution in [0.1, 0.15) is 29.8 Å². The van der Waals surface area contributed by atoms with Crippen molar-refractivity contribution >= 4 is 32.1 Å². The largest absolute Gasteiger partial charge is 0.492 e. The van der Waals surface area contributed by atoms with E-state index in [2.05, 4.69) is 15.9 Å². The molecular formula is C13H17BrO4S. The first-order valence-electron chi connectivity index (χ1n) is 5.87. The number of ether oxygens (including phenoxy) is 1. The molecular weight excluding hydrogens is 332 g/mol. The molecule has 0 aliphatic carbocycles. The van der Waals surface area contributed by atoms with Gasteiger partial charge in [0.2, 0.25) is 0 Å². The quantitative estimate of drug-likeness (QED) is 0.741. The van der Waals surface area contributed by atoms with Crippen molar-refractivity contribution in [2.24, 2.45) is 0 Å². The lowest BCUT2D eigenvalue weighted by Gasteiger charge is -2.13. The van der Waals surface area contributed by atoms with Gasteiger partial charge in [0.15, 0.2) is 16.1 Å². The highest BCUT2D eigenvalue weighted by Crippen LogP contribution is 2.26. The van der Waals surface area contributed by atoms with E-state index < -0.39 is 15.1 Å². The number of sulfone groups is 1. The minimum Gasteiger partial charge on any atom is -0.492 e. The minimum absolute atomic E-state index is 0.0455. The maximum Gasteiger partial charge on any atom is 0.155 e. The molecule has 1 aromatic carbocycles. The van der Waals surface area contributed by atoms with E-state index in [0.717, 1.165) is 10.0 Å². The van der Waals surface area contributed by atoms with Crippen LogP contribution in [0.2, 0.25) is 0 Å². The monoisotopic (exact) mass is 348 g/mol. The Labute approximate surface area is 122 Å². The molecule has 0 aromatic heterocycles. The zero-order chi connectivity index (χ0) is 14.6. The van der Waals surface area contributed by atoms with E-state index in [1.165, 1.54) is 0 Å². The molecule has 0 heterocycles. The summed E-state index contributed by atoms with van der Waals surface area (Å²) in [6.07, 6.45) is 0.698. The van der Waals surface area contributed by atoms with Gasteiger partial charge >= 0.3 is 0 Å². The molecule has 0 aliphatic heterocycles. The van der Waals surface area contributed by atoms with Gasteiger partial charge in [-0.05, 0) is 38.5 Å². The zero-order valence-electron chi connectivity index (χ0n) is 11.1. The minimum atomic E-state index is -3.13. The summed E-state index contributed by atoms with van der Waals surface area (Å²) in [5.74, 6) is 0.385. The van der Waals surface area contributed by atoms with Gasteiger partial charge in [0.05, 0.1) is 16.6 Å². The Kier molecular flexibility index (Phi) is 5.55. The van der Waals surface area contributed by atoms with Crippen LogP contribution in [-0.2, 0) is 9.84 Å². The molecule has 0 amide bonds. The second kappa shape index (κ2) is 6.52. The molecule has 4 nitrogen and oxygen atoms in total. The SMILES string of the molecule is Cc1cc(Br)cc(C=O)c1OCCS(=O)(=O)C(C)C. The summed E-state index contributed by atoms with van der Waals surface area (Å²) in [5, 5.41) is -0.423. The van der Waals surface area contributed by atoms with Crippen molar-refractivity contribution in [2.45, 2.75) is 26.0 Å². The number of halogens is 1. The highest BCUT2D eigenvalue weighted by Gasteiger charge is 2.17. The first-order chi connectivity index (χ1) is 8.77. The summed E-state index contributed by atoms with van der Waals surface area (Å²) < 4.78 is 29.6. The molecule has 0 N–H and O–H groups in total. The Morgan fingerprint density at radius 3 is 2.53 bits per heavy atom. The number of benzene rings is 1. The summed E-state index contributed by atoms with van der Waals surface area (Å²) in [6.45, 7) is 5.13. The molecule has 0 spiro atoms. The molecule has 0 atom stereocenters. The normalized spacial score (nSPS) is 11.6. The van der Waals surface area contributed by atoms with Crippen LogP contribution in [0.3, 0.4) is 0 Å². The Hall–Kier alpha value is -0.880. The second-order valence-electron chi connectivity index (χ2n) is 4.52. The van der Waals surface area contributed by atoms with Crippen molar-refractivity contribution in [1.29, 1.82) is 0 Å². The van der Waals surface area contributed by atoms with E-state index in [0.29, 0.717) is 17.6 Å². The topological polar surface area (TPSA) is 60.4 Å². The third kappa shape index (κ3) is 4.31. The van der Waals surface area contributed by atoms with Gasteiger partial charge in [0, 0.05) is 4.47 Å². The fourth-order valence-corrected chi connectivity index (χ4v) is 2.91. The van der Waals surface area contributed by atoms with Crippen LogP contribution in [0.4, 0.5) is 0 Å². The number of hydrogen-bond acceptors (Lipinski definition) is 4. The van der Waals surface area contributed by atoms with Crippen LogP contribution in [0.25, 0.3) is 0 Å². The predicted molar refractivity (Wildman–Crippen MR) is 78.7 cm³/mol. The van der Waals surface area contributed by atoms with Crippen LogP contribution >= 0.6 is 15.9 Å². The molecule has 106 valence electrons. The Morgan fingerprint density at radius 2 is 2.00 bits per heavy atom. The van der Waals surface area contributed by atoms with Gasteiger partial charge in [-0.3, -0.25) is 4.79 Å². The summed E-state index contributed by atoms with van der Waals surface area (Å²) in [4.78, 5) is 11.0. The van der Waals surface area contributed by atoms with Crippen LogP contribution in [-0.4, -0.2) is 32.3 Å². The van der Waals surface area contributed by atoms with E-state index in [4.69, 9.17) is 4.74 Å². The van der Waals surface area contributed by atoms with Crippen LogP contribution in [0, 0.1) is 6.92 Å². The van der Waals surface area contributed by atoms with E-state index in [-0.39, 0.29) is 12.4 Å².